The SMILES string of the molecule is CC1=C2[SiH2]C2=[C]C1. The molecule has 2 rings (SSSR count). The minimum atomic E-state index is 0.230. The maximum Gasteiger partial charge on any atom is 0.0875 e. The molecule has 0 aromatic heterocycles. The van der Waals surface area contributed by atoms with Gasteiger partial charge in [-0.25, -0.2) is 0 Å². The lowest BCUT2D eigenvalue weighted by Gasteiger charge is -1.83. The van der Waals surface area contributed by atoms with E-state index in [2.05, 4.69) is 13.0 Å². The van der Waals surface area contributed by atoms with Crippen LogP contribution in [0, 0.1) is 6.08 Å². The summed E-state index contributed by atoms with van der Waals surface area (Å²) in [5.74, 6) is 0. The maximum atomic E-state index is 3.35. The Hall–Kier alpha value is -0.303. The van der Waals surface area contributed by atoms with Crippen LogP contribution in [0.4, 0.5) is 0 Å². The van der Waals surface area contributed by atoms with Crippen molar-refractivity contribution in [3.05, 3.63) is 22.0 Å². The summed E-state index contributed by atoms with van der Waals surface area (Å²) in [7, 11) is 0.230. The summed E-state index contributed by atoms with van der Waals surface area (Å²) in [4.78, 5) is 0. The third-order valence-corrected chi connectivity index (χ3v) is 3.59. The first-order chi connectivity index (χ1) is 3.38. The second kappa shape index (κ2) is 0.919. The van der Waals surface area contributed by atoms with Crippen LogP contribution in [0.25, 0.3) is 0 Å². The van der Waals surface area contributed by atoms with Gasteiger partial charge in [0.25, 0.3) is 0 Å². The fourth-order valence-electron chi connectivity index (χ4n) is 1.06. The normalized spacial score (nSPS) is 28.4. The molecule has 0 unspecified atom stereocenters. The molecular formula is C6H7Si. The maximum absolute atomic E-state index is 3.35. The fraction of sp³-hybridized carbons (Fsp3) is 0.333. The summed E-state index contributed by atoms with van der Waals surface area (Å²) in [6.45, 7) is 2.23. The van der Waals surface area contributed by atoms with E-state index in [1.165, 1.54) is 0 Å². The van der Waals surface area contributed by atoms with Gasteiger partial charge in [-0.15, -0.1) is 0 Å². The van der Waals surface area contributed by atoms with E-state index in [-0.39, 0.29) is 9.52 Å². The molecule has 0 amide bonds. The van der Waals surface area contributed by atoms with Crippen LogP contribution in [-0.4, -0.2) is 9.52 Å². The summed E-state index contributed by atoms with van der Waals surface area (Å²) in [6, 6.07) is 0. The van der Waals surface area contributed by atoms with Gasteiger partial charge < -0.3 is 0 Å². The van der Waals surface area contributed by atoms with Crippen molar-refractivity contribution in [2.45, 2.75) is 13.3 Å². The van der Waals surface area contributed by atoms with Crippen LogP contribution in [0.5, 0.6) is 0 Å². The number of allylic oxidation sites excluding steroid dienone is 4. The van der Waals surface area contributed by atoms with Crippen molar-refractivity contribution in [3.63, 3.8) is 0 Å². The predicted molar refractivity (Wildman–Crippen MR) is 32.6 cm³/mol. The summed E-state index contributed by atoms with van der Waals surface area (Å²) in [5, 5.41) is 3.37. The Balaban J connectivity index is 2.52. The smallest absolute Gasteiger partial charge is 0.0700 e. The third-order valence-electron chi connectivity index (χ3n) is 1.67. The second-order valence-electron chi connectivity index (χ2n) is 2.27. The Labute approximate surface area is 45.7 Å². The van der Waals surface area contributed by atoms with Gasteiger partial charge in [-0.3, -0.25) is 0 Å². The van der Waals surface area contributed by atoms with E-state index in [1.54, 1.807) is 16.0 Å². The Morgan fingerprint density at radius 2 is 2.57 bits per heavy atom. The molecule has 0 saturated carbocycles. The van der Waals surface area contributed by atoms with Crippen LogP contribution in [0.1, 0.15) is 13.3 Å². The number of hydrogen-bond donors (Lipinski definition) is 0. The van der Waals surface area contributed by atoms with Gasteiger partial charge in [0.2, 0.25) is 0 Å². The highest BCUT2D eigenvalue weighted by molar-refractivity contribution is 6.74. The minimum absolute atomic E-state index is 0.230. The Morgan fingerprint density at radius 1 is 1.71 bits per heavy atom. The zero-order chi connectivity index (χ0) is 4.85. The lowest BCUT2D eigenvalue weighted by atomic mass is 10.3. The highest BCUT2D eigenvalue weighted by Crippen LogP contribution is 2.36. The van der Waals surface area contributed by atoms with Gasteiger partial charge in [0, 0.05) is 0 Å². The number of hydrogen-bond acceptors (Lipinski definition) is 0. The van der Waals surface area contributed by atoms with Gasteiger partial charge in [0.1, 0.15) is 0 Å². The predicted octanol–water partition coefficient (Wildman–Crippen LogP) is 0.534. The Morgan fingerprint density at radius 3 is 2.71 bits per heavy atom. The average molecular weight is 107 g/mol. The fourth-order valence-corrected chi connectivity index (χ4v) is 2.42. The van der Waals surface area contributed by atoms with Crippen molar-refractivity contribution < 1.29 is 0 Å². The lowest BCUT2D eigenvalue weighted by Crippen LogP contribution is -1.69. The van der Waals surface area contributed by atoms with E-state index in [1.807, 2.05) is 0 Å². The van der Waals surface area contributed by atoms with Gasteiger partial charge in [-0.05, 0) is 19.4 Å². The van der Waals surface area contributed by atoms with E-state index >= 15 is 0 Å². The standard InChI is InChI=1S/C6H7Si/c1-4-2-3-5-6(4)7-5/h2,7H2,1H3. The van der Waals surface area contributed by atoms with Gasteiger partial charge in [-0.2, -0.15) is 0 Å². The Kier molecular flexibility index (Phi) is 0.481. The topological polar surface area (TPSA) is 0 Å². The van der Waals surface area contributed by atoms with Gasteiger partial charge in [0.15, 0.2) is 0 Å². The molecule has 1 aliphatic carbocycles. The monoisotopic (exact) mass is 107 g/mol. The molecular weight excluding hydrogens is 100 g/mol. The Bertz CT molecular complexity index is 175. The zero-order valence-corrected chi connectivity index (χ0v) is 5.83. The molecule has 2 aliphatic rings. The molecule has 1 heterocycles. The van der Waals surface area contributed by atoms with Crippen LogP contribution in [0.3, 0.4) is 0 Å². The van der Waals surface area contributed by atoms with Crippen molar-refractivity contribution in [2.24, 2.45) is 0 Å². The highest BCUT2D eigenvalue weighted by atomic mass is 28.2. The second-order valence-corrected chi connectivity index (χ2v) is 4.04. The zero-order valence-electron chi connectivity index (χ0n) is 4.41. The molecule has 0 aromatic rings. The van der Waals surface area contributed by atoms with Crippen molar-refractivity contribution in [1.82, 2.24) is 0 Å². The third kappa shape index (κ3) is 0.360. The molecule has 0 N–H and O–H groups in total. The van der Waals surface area contributed by atoms with E-state index < -0.39 is 0 Å². The minimum Gasteiger partial charge on any atom is -0.0700 e. The molecule has 7 heavy (non-hydrogen) atoms. The van der Waals surface area contributed by atoms with Crippen molar-refractivity contribution in [2.75, 3.05) is 0 Å². The van der Waals surface area contributed by atoms with E-state index in [0.29, 0.717) is 0 Å². The highest BCUT2D eigenvalue weighted by Gasteiger charge is 2.27. The molecule has 35 valence electrons. The van der Waals surface area contributed by atoms with Gasteiger partial charge in [0.05, 0.1) is 9.52 Å². The summed E-state index contributed by atoms with van der Waals surface area (Å²) in [6.07, 6.45) is 4.50. The molecule has 0 nitrogen and oxygen atoms in total. The first-order valence-corrected chi connectivity index (χ1v) is 4.08. The molecule has 0 spiro atoms. The first kappa shape index (κ1) is 3.67. The van der Waals surface area contributed by atoms with Crippen LogP contribution in [0.15, 0.2) is 16.0 Å². The van der Waals surface area contributed by atoms with Crippen LogP contribution in [-0.2, 0) is 0 Å². The van der Waals surface area contributed by atoms with Crippen molar-refractivity contribution >= 4 is 9.52 Å². The molecule has 1 saturated heterocycles. The molecule has 1 radical (unpaired) electrons. The molecule has 1 heteroatoms. The largest absolute Gasteiger partial charge is 0.0875 e. The van der Waals surface area contributed by atoms with E-state index in [9.17, 15) is 0 Å². The van der Waals surface area contributed by atoms with Gasteiger partial charge >= 0.3 is 0 Å². The summed E-state index contributed by atoms with van der Waals surface area (Å²) >= 11 is 0. The summed E-state index contributed by atoms with van der Waals surface area (Å²) < 4.78 is 0. The molecule has 0 atom stereocenters. The van der Waals surface area contributed by atoms with Crippen LogP contribution in [0.2, 0.25) is 0 Å². The molecule has 1 aliphatic heterocycles. The molecule has 0 bridgehead atoms. The quantitative estimate of drug-likeness (QED) is 0.396. The van der Waals surface area contributed by atoms with Crippen molar-refractivity contribution in [1.29, 1.82) is 0 Å². The van der Waals surface area contributed by atoms with E-state index in [0.717, 1.165) is 6.42 Å². The van der Waals surface area contributed by atoms with Crippen LogP contribution < -0.4 is 0 Å². The molecule has 0 aromatic carbocycles. The average Bonchev–Trinajstić information content (AvgIpc) is 2.33. The summed E-state index contributed by atoms with van der Waals surface area (Å²) in [5.41, 5.74) is 1.61. The lowest BCUT2D eigenvalue weighted by molar-refractivity contribution is 1.22. The van der Waals surface area contributed by atoms with Gasteiger partial charge in [-0.1, -0.05) is 16.0 Å². The first-order valence-electron chi connectivity index (χ1n) is 2.66. The number of fused-ring (bicyclic) bond motifs is 1. The van der Waals surface area contributed by atoms with E-state index in [4.69, 9.17) is 0 Å². The molecule has 1 fully saturated rings. The van der Waals surface area contributed by atoms with Crippen LogP contribution >= 0.6 is 0 Å². The van der Waals surface area contributed by atoms with Crippen molar-refractivity contribution in [3.8, 4) is 0 Å². The number of rotatable bonds is 0.